The van der Waals surface area contributed by atoms with E-state index in [1.54, 1.807) is 36.4 Å². The van der Waals surface area contributed by atoms with Gasteiger partial charge in [0.2, 0.25) is 0 Å². The summed E-state index contributed by atoms with van der Waals surface area (Å²) in [5.41, 5.74) is 2.78. The number of carbonyl (C=O) groups excluding carboxylic acids is 2. The first-order chi connectivity index (χ1) is 13.5. The SMILES string of the molecule is CC[C@H](C)c1ccc(C(=O)COC(=O)CCn2c(=O)oc3ccccc32)cc1. The van der Waals surface area contributed by atoms with Crippen LogP contribution in [0.2, 0.25) is 0 Å². The van der Waals surface area contributed by atoms with Crippen molar-refractivity contribution in [1.29, 1.82) is 0 Å². The van der Waals surface area contributed by atoms with Gasteiger partial charge in [-0.3, -0.25) is 14.2 Å². The van der Waals surface area contributed by atoms with E-state index in [1.165, 1.54) is 10.1 Å². The van der Waals surface area contributed by atoms with E-state index in [9.17, 15) is 14.4 Å². The summed E-state index contributed by atoms with van der Waals surface area (Å²) in [5, 5.41) is 0. The normalized spacial score (nSPS) is 12.1. The first-order valence-corrected chi connectivity index (χ1v) is 9.36. The summed E-state index contributed by atoms with van der Waals surface area (Å²) in [6, 6.07) is 14.4. The van der Waals surface area contributed by atoms with E-state index < -0.39 is 11.7 Å². The highest BCUT2D eigenvalue weighted by atomic mass is 16.5. The van der Waals surface area contributed by atoms with Crippen LogP contribution in [0.5, 0.6) is 0 Å². The van der Waals surface area contributed by atoms with Gasteiger partial charge in [-0.1, -0.05) is 50.2 Å². The van der Waals surface area contributed by atoms with Crippen LogP contribution in [0, 0.1) is 0 Å². The van der Waals surface area contributed by atoms with E-state index in [4.69, 9.17) is 9.15 Å². The summed E-state index contributed by atoms with van der Waals surface area (Å²) in [6.07, 6.45) is 1.00. The summed E-state index contributed by atoms with van der Waals surface area (Å²) < 4.78 is 11.6. The third-order valence-corrected chi connectivity index (χ3v) is 4.89. The van der Waals surface area contributed by atoms with Gasteiger partial charge < -0.3 is 9.15 Å². The molecule has 1 atom stereocenters. The minimum atomic E-state index is -0.540. The van der Waals surface area contributed by atoms with Crippen molar-refractivity contribution in [3.63, 3.8) is 0 Å². The van der Waals surface area contributed by atoms with Gasteiger partial charge in [0.25, 0.3) is 0 Å². The Morgan fingerprint density at radius 2 is 1.82 bits per heavy atom. The number of benzene rings is 2. The van der Waals surface area contributed by atoms with Crippen molar-refractivity contribution in [2.75, 3.05) is 6.61 Å². The van der Waals surface area contributed by atoms with Gasteiger partial charge in [0, 0.05) is 12.1 Å². The molecular weight excluding hydrogens is 358 g/mol. The van der Waals surface area contributed by atoms with Gasteiger partial charge in [-0.15, -0.1) is 0 Å². The minimum absolute atomic E-state index is 0.0241. The highest BCUT2D eigenvalue weighted by molar-refractivity contribution is 5.98. The fraction of sp³-hybridized carbons (Fsp3) is 0.318. The number of aryl methyl sites for hydroxylation is 1. The molecular formula is C22H23NO5. The second kappa shape index (κ2) is 8.69. The van der Waals surface area contributed by atoms with E-state index in [0.29, 0.717) is 22.6 Å². The number of hydrogen-bond donors (Lipinski definition) is 0. The molecule has 0 bridgehead atoms. The van der Waals surface area contributed by atoms with Gasteiger partial charge >= 0.3 is 11.7 Å². The molecule has 28 heavy (non-hydrogen) atoms. The standard InChI is InChI=1S/C22H23NO5/c1-3-15(2)16-8-10-17(11-9-16)19(24)14-27-21(25)12-13-23-18-6-4-5-7-20(18)28-22(23)26/h4-11,15H,3,12-14H2,1-2H3/t15-/m0/s1. The van der Waals surface area contributed by atoms with Crippen LogP contribution in [0.4, 0.5) is 0 Å². The maximum Gasteiger partial charge on any atom is 0.419 e. The van der Waals surface area contributed by atoms with Crippen LogP contribution in [0.1, 0.15) is 48.5 Å². The third-order valence-electron chi connectivity index (χ3n) is 4.89. The third kappa shape index (κ3) is 4.39. The number of fused-ring (bicyclic) bond motifs is 1. The number of ketones is 1. The van der Waals surface area contributed by atoms with Gasteiger partial charge in [-0.05, 0) is 30.0 Å². The molecule has 0 aliphatic heterocycles. The second-order valence-corrected chi connectivity index (χ2v) is 6.75. The molecule has 6 heteroatoms. The Hall–Kier alpha value is -3.15. The first kappa shape index (κ1) is 19.6. The zero-order chi connectivity index (χ0) is 20.1. The molecule has 0 unspecified atom stereocenters. The van der Waals surface area contributed by atoms with Crippen LogP contribution in [0.3, 0.4) is 0 Å². The molecule has 3 aromatic rings. The Bertz CT molecular complexity index is 1030. The Balaban J connectivity index is 1.53. The number of hydrogen-bond acceptors (Lipinski definition) is 5. The summed E-state index contributed by atoms with van der Waals surface area (Å²) in [6.45, 7) is 4.06. The highest BCUT2D eigenvalue weighted by Crippen LogP contribution is 2.19. The molecule has 1 aromatic heterocycles. The molecule has 146 valence electrons. The Labute approximate surface area is 162 Å². The summed E-state index contributed by atoms with van der Waals surface area (Å²) >= 11 is 0. The van der Waals surface area contributed by atoms with Crippen LogP contribution in [0.25, 0.3) is 11.1 Å². The number of nitrogens with zero attached hydrogens (tertiary/aromatic N) is 1. The van der Waals surface area contributed by atoms with Crippen LogP contribution in [-0.2, 0) is 16.1 Å². The number of esters is 1. The molecule has 6 nitrogen and oxygen atoms in total. The van der Waals surface area contributed by atoms with Gasteiger partial charge in [-0.25, -0.2) is 4.79 Å². The number of oxazole rings is 1. The van der Waals surface area contributed by atoms with Gasteiger partial charge in [-0.2, -0.15) is 0 Å². The van der Waals surface area contributed by atoms with Crippen LogP contribution in [0.15, 0.2) is 57.7 Å². The lowest BCUT2D eigenvalue weighted by Gasteiger charge is -2.09. The lowest BCUT2D eigenvalue weighted by molar-refractivity contribution is -0.142. The quantitative estimate of drug-likeness (QED) is 0.436. The average molecular weight is 381 g/mol. The van der Waals surface area contributed by atoms with E-state index in [1.807, 2.05) is 12.1 Å². The fourth-order valence-electron chi connectivity index (χ4n) is 2.96. The summed E-state index contributed by atoms with van der Waals surface area (Å²) in [7, 11) is 0. The zero-order valence-electron chi connectivity index (χ0n) is 16.0. The molecule has 0 saturated heterocycles. The largest absolute Gasteiger partial charge is 0.457 e. The lowest BCUT2D eigenvalue weighted by Crippen LogP contribution is -2.19. The highest BCUT2D eigenvalue weighted by Gasteiger charge is 2.13. The van der Waals surface area contributed by atoms with E-state index >= 15 is 0 Å². The van der Waals surface area contributed by atoms with E-state index in [2.05, 4.69) is 13.8 Å². The van der Waals surface area contributed by atoms with E-state index in [0.717, 1.165) is 6.42 Å². The fourth-order valence-corrected chi connectivity index (χ4v) is 2.96. The maximum atomic E-state index is 12.2. The minimum Gasteiger partial charge on any atom is -0.457 e. The summed E-state index contributed by atoms with van der Waals surface area (Å²) in [4.78, 5) is 36.1. The molecule has 0 N–H and O–H groups in total. The molecule has 0 spiro atoms. The molecule has 0 saturated carbocycles. The molecule has 0 amide bonds. The Morgan fingerprint density at radius 1 is 1.11 bits per heavy atom. The van der Waals surface area contributed by atoms with Crippen molar-refractivity contribution in [2.45, 2.75) is 39.2 Å². The van der Waals surface area contributed by atoms with Gasteiger partial charge in [0.05, 0.1) is 11.9 Å². The van der Waals surface area contributed by atoms with Crippen molar-refractivity contribution in [3.8, 4) is 0 Å². The Morgan fingerprint density at radius 3 is 2.54 bits per heavy atom. The predicted octanol–water partition coefficient (Wildman–Crippen LogP) is 3.92. The number of carbonyl (C=O) groups is 2. The lowest BCUT2D eigenvalue weighted by atomic mass is 9.97. The number of rotatable bonds is 8. The smallest absolute Gasteiger partial charge is 0.419 e. The summed E-state index contributed by atoms with van der Waals surface area (Å²) in [5.74, 6) is -0.882. The predicted molar refractivity (Wildman–Crippen MR) is 106 cm³/mol. The van der Waals surface area contributed by atoms with Crippen molar-refractivity contribution in [2.24, 2.45) is 0 Å². The van der Waals surface area contributed by atoms with E-state index in [-0.39, 0.29) is 25.4 Å². The van der Waals surface area contributed by atoms with Crippen LogP contribution >= 0.6 is 0 Å². The molecule has 0 fully saturated rings. The molecule has 0 radical (unpaired) electrons. The molecule has 0 aliphatic carbocycles. The Kier molecular flexibility index (Phi) is 6.09. The molecule has 0 aliphatic rings. The second-order valence-electron chi connectivity index (χ2n) is 6.75. The number of ether oxygens (including phenoxy) is 1. The molecule has 3 rings (SSSR count). The zero-order valence-corrected chi connectivity index (χ0v) is 16.0. The maximum absolute atomic E-state index is 12.2. The van der Waals surface area contributed by atoms with Gasteiger partial charge in [0.15, 0.2) is 18.0 Å². The first-order valence-electron chi connectivity index (χ1n) is 9.36. The monoisotopic (exact) mass is 381 g/mol. The van der Waals surface area contributed by atoms with Crippen LogP contribution in [-0.4, -0.2) is 22.9 Å². The van der Waals surface area contributed by atoms with Crippen molar-refractivity contribution < 1.29 is 18.7 Å². The van der Waals surface area contributed by atoms with Crippen molar-refractivity contribution >= 4 is 22.9 Å². The topological polar surface area (TPSA) is 78.5 Å². The molecule has 2 aromatic carbocycles. The van der Waals surface area contributed by atoms with Gasteiger partial charge in [0.1, 0.15) is 0 Å². The van der Waals surface area contributed by atoms with Crippen LogP contribution < -0.4 is 5.76 Å². The van der Waals surface area contributed by atoms with Crippen molar-refractivity contribution in [1.82, 2.24) is 4.57 Å². The molecule has 1 heterocycles. The number of para-hydroxylation sites is 2. The number of Topliss-reactive ketones (excluding diaryl/α,β-unsaturated/α-hetero) is 1. The van der Waals surface area contributed by atoms with Crippen molar-refractivity contribution in [3.05, 3.63) is 70.2 Å². The average Bonchev–Trinajstić information content (AvgIpc) is 3.04. The number of aromatic nitrogens is 1.